The summed E-state index contributed by atoms with van der Waals surface area (Å²) in [6.07, 6.45) is 7.38. The molecule has 1 amide bonds. The van der Waals surface area contributed by atoms with Gasteiger partial charge in [-0.1, -0.05) is 0 Å². The van der Waals surface area contributed by atoms with Crippen LogP contribution in [0.15, 0.2) is 55.1 Å². The van der Waals surface area contributed by atoms with Crippen molar-refractivity contribution in [1.29, 1.82) is 0 Å². The minimum Gasteiger partial charge on any atom is -0.346 e. The van der Waals surface area contributed by atoms with Crippen LogP contribution in [0.5, 0.6) is 0 Å². The molecule has 0 aliphatic carbocycles. The zero-order chi connectivity index (χ0) is 19.8. The molecule has 0 spiro atoms. The van der Waals surface area contributed by atoms with E-state index < -0.39 is 0 Å². The number of hydrogen-bond acceptors (Lipinski definition) is 3. The number of nitrogens with zero attached hydrogens (tertiary/aromatic N) is 4. The van der Waals surface area contributed by atoms with Crippen LogP contribution in [0.2, 0.25) is 0 Å². The highest BCUT2D eigenvalue weighted by Gasteiger charge is 2.22. The standard InChI is InChI=1S/C22H20FN5O/c23-16-5-3-15(4-6-16)20-21(17-7-9-24-22-18(17)8-10-25-22)28(14-26-20)13-19(29)27-11-1-2-12-27/h3-10,14H,1-2,11-13H2,(H,24,25). The van der Waals surface area contributed by atoms with Gasteiger partial charge in [0.2, 0.25) is 5.91 Å². The maximum Gasteiger partial charge on any atom is 0.242 e. The van der Waals surface area contributed by atoms with E-state index in [1.165, 1.54) is 12.1 Å². The number of aromatic amines is 1. The molecule has 1 aliphatic rings. The molecule has 1 aliphatic heterocycles. The number of amides is 1. The SMILES string of the molecule is O=C(Cn1cnc(-c2ccc(F)cc2)c1-c1ccnc2[nH]ccc12)N1CCCC1. The van der Waals surface area contributed by atoms with Crippen molar-refractivity contribution in [3.05, 3.63) is 60.9 Å². The average Bonchev–Trinajstić information content (AvgIpc) is 3.49. The van der Waals surface area contributed by atoms with Crippen molar-refractivity contribution in [2.75, 3.05) is 13.1 Å². The summed E-state index contributed by atoms with van der Waals surface area (Å²) in [4.78, 5) is 26.8. The number of H-pyrrole nitrogens is 1. The van der Waals surface area contributed by atoms with Gasteiger partial charge in [0.15, 0.2) is 0 Å². The number of nitrogens with one attached hydrogen (secondary N) is 1. The maximum absolute atomic E-state index is 13.5. The van der Waals surface area contributed by atoms with Gasteiger partial charge < -0.3 is 14.5 Å². The minimum absolute atomic E-state index is 0.0891. The first-order valence-electron chi connectivity index (χ1n) is 9.72. The second-order valence-corrected chi connectivity index (χ2v) is 7.26. The van der Waals surface area contributed by atoms with Gasteiger partial charge in [0, 0.05) is 42.0 Å². The third-order valence-electron chi connectivity index (χ3n) is 5.44. The van der Waals surface area contributed by atoms with Gasteiger partial charge in [-0.05, 0) is 49.2 Å². The predicted molar refractivity (Wildman–Crippen MR) is 109 cm³/mol. The molecule has 1 saturated heterocycles. The molecule has 4 heterocycles. The molecule has 29 heavy (non-hydrogen) atoms. The molecule has 1 N–H and O–H groups in total. The van der Waals surface area contributed by atoms with E-state index in [0.717, 1.165) is 53.8 Å². The van der Waals surface area contributed by atoms with Crippen LogP contribution in [0.4, 0.5) is 4.39 Å². The highest BCUT2D eigenvalue weighted by atomic mass is 19.1. The van der Waals surface area contributed by atoms with Gasteiger partial charge in [0.25, 0.3) is 0 Å². The van der Waals surface area contributed by atoms with E-state index in [1.54, 1.807) is 24.7 Å². The highest BCUT2D eigenvalue weighted by Crippen LogP contribution is 2.35. The van der Waals surface area contributed by atoms with E-state index in [4.69, 9.17) is 0 Å². The third-order valence-corrected chi connectivity index (χ3v) is 5.44. The first kappa shape index (κ1) is 17.6. The fourth-order valence-corrected chi connectivity index (χ4v) is 3.98. The molecule has 5 rings (SSSR count). The lowest BCUT2D eigenvalue weighted by molar-refractivity contribution is -0.130. The lowest BCUT2D eigenvalue weighted by Gasteiger charge is -2.17. The van der Waals surface area contributed by atoms with E-state index in [1.807, 2.05) is 27.8 Å². The van der Waals surface area contributed by atoms with Gasteiger partial charge >= 0.3 is 0 Å². The van der Waals surface area contributed by atoms with Crippen LogP contribution in [-0.4, -0.2) is 43.4 Å². The topological polar surface area (TPSA) is 66.8 Å². The molecule has 0 bridgehead atoms. The van der Waals surface area contributed by atoms with E-state index in [0.29, 0.717) is 5.69 Å². The molecule has 0 saturated carbocycles. The average molecular weight is 389 g/mol. The summed E-state index contributed by atoms with van der Waals surface area (Å²) in [5.41, 5.74) is 4.05. The van der Waals surface area contributed by atoms with Gasteiger partial charge in [-0.25, -0.2) is 14.4 Å². The Kier molecular flexibility index (Phi) is 4.35. The summed E-state index contributed by atoms with van der Waals surface area (Å²) < 4.78 is 15.3. The molecule has 1 aromatic carbocycles. The molecule has 1 fully saturated rings. The van der Waals surface area contributed by atoms with Crippen LogP contribution in [-0.2, 0) is 11.3 Å². The molecule has 0 unspecified atom stereocenters. The molecular formula is C22H20FN5O. The van der Waals surface area contributed by atoms with Crippen LogP contribution in [0.1, 0.15) is 12.8 Å². The number of imidazole rings is 1. The molecule has 4 aromatic rings. The first-order chi connectivity index (χ1) is 14.2. The molecular weight excluding hydrogens is 369 g/mol. The summed E-state index contributed by atoms with van der Waals surface area (Å²) >= 11 is 0. The zero-order valence-electron chi connectivity index (χ0n) is 15.8. The molecule has 0 atom stereocenters. The highest BCUT2D eigenvalue weighted by molar-refractivity contribution is 5.96. The Labute approximate surface area is 167 Å². The molecule has 0 radical (unpaired) electrons. The zero-order valence-corrected chi connectivity index (χ0v) is 15.8. The Morgan fingerprint density at radius 2 is 1.86 bits per heavy atom. The van der Waals surface area contributed by atoms with Crippen LogP contribution in [0.25, 0.3) is 33.5 Å². The van der Waals surface area contributed by atoms with E-state index in [2.05, 4.69) is 15.0 Å². The van der Waals surface area contributed by atoms with Crippen molar-refractivity contribution in [3.8, 4) is 22.5 Å². The van der Waals surface area contributed by atoms with Crippen molar-refractivity contribution < 1.29 is 9.18 Å². The number of aromatic nitrogens is 4. The number of pyridine rings is 1. The number of fused-ring (bicyclic) bond motifs is 1. The fourth-order valence-electron chi connectivity index (χ4n) is 3.98. The predicted octanol–water partition coefficient (Wildman–Crippen LogP) is 3.85. The fraction of sp³-hybridized carbons (Fsp3) is 0.227. The van der Waals surface area contributed by atoms with Crippen LogP contribution in [0.3, 0.4) is 0 Å². The van der Waals surface area contributed by atoms with Crippen LogP contribution < -0.4 is 0 Å². The molecule has 146 valence electrons. The Hall–Kier alpha value is -3.48. The van der Waals surface area contributed by atoms with Gasteiger partial charge in [0.05, 0.1) is 17.7 Å². The minimum atomic E-state index is -0.295. The van der Waals surface area contributed by atoms with Gasteiger partial charge in [-0.2, -0.15) is 0 Å². The van der Waals surface area contributed by atoms with Gasteiger partial charge in [-0.3, -0.25) is 4.79 Å². The van der Waals surface area contributed by atoms with Crippen molar-refractivity contribution in [1.82, 2.24) is 24.4 Å². The summed E-state index contributed by atoms with van der Waals surface area (Å²) in [6.45, 7) is 1.84. The van der Waals surface area contributed by atoms with Crippen molar-refractivity contribution in [2.24, 2.45) is 0 Å². The first-order valence-corrected chi connectivity index (χ1v) is 9.72. The number of rotatable bonds is 4. The second kappa shape index (κ2) is 7.16. The Morgan fingerprint density at radius 3 is 2.66 bits per heavy atom. The molecule has 7 heteroatoms. The Balaban J connectivity index is 1.64. The monoisotopic (exact) mass is 389 g/mol. The van der Waals surface area contributed by atoms with Crippen molar-refractivity contribution >= 4 is 16.9 Å². The van der Waals surface area contributed by atoms with Gasteiger partial charge in [0.1, 0.15) is 18.0 Å². The van der Waals surface area contributed by atoms with E-state index >= 15 is 0 Å². The smallest absolute Gasteiger partial charge is 0.242 e. The lowest BCUT2D eigenvalue weighted by atomic mass is 10.0. The summed E-state index contributed by atoms with van der Waals surface area (Å²) in [7, 11) is 0. The second-order valence-electron chi connectivity index (χ2n) is 7.26. The summed E-state index contributed by atoms with van der Waals surface area (Å²) in [5, 5.41) is 0.950. The quantitative estimate of drug-likeness (QED) is 0.576. The van der Waals surface area contributed by atoms with E-state index in [-0.39, 0.29) is 18.3 Å². The number of benzene rings is 1. The van der Waals surface area contributed by atoms with E-state index in [9.17, 15) is 9.18 Å². The molecule has 3 aromatic heterocycles. The number of hydrogen-bond donors (Lipinski definition) is 1. The summed E-state index contributed by atoms with van der Waals surface area (Å²) in [6, 6.07) is 10.2. The van der Waals surface area contributed by atoms with Crippen LogP contribution >= 0.6 is 0 Å². The normalized spacial score (nSPS) is 14.0. The van der Waals surface area contributed by atoms with Gasteiger partial charge in [-0.15, -0.1) is 0 Å². The third kappa shape index (κ3) is 3.18. The summed E-state index contributed by atoms with van der Waals surface area (Å²) in [5.74, 6) is -0.206. The number of carbonyl (C=O) groups is 1. The largest absolute Gasteiger partial charge is 0.346 e. The molecule has 6 nitrogen and oxygen atoms in total. The lowest BCUT2D eigenvalue weighted by Crippen LogP contribution is -2.31. The Morgan fingerprint density at radius 1 is 1.07 bits per heavy atom. The van der Waals surface area contributed by atoms with Crippen molar-refractivity contribution in [3.63, 3.8) is 0 Å². The number of likely N-dealkylation sites (tertiary alicyclic amines) is 1. The van der Waals surface area contributed by atoms with Crippen molar-refractivity contribution in [2.45, 2.75) is 19.4 Å². The number of halogens is 1. The Bertz CT molecular complexity index is 1170. The van der Waals surface area contributed by atoms with Crippen LogP contribution in [0, 0.1) is 5.82 Å². The maximum atomic E-state index is 13.5. The number of carbonyl (C=O) groups excluding carboxylic acids is 1.